The molecule has 0 saturated carbocycles. The van der Waals surface area contributed by atoms with Crippen molar-refractivity contribution in [1.29, 1.82) is 0 Å². The van der Waals surface area contributed by atoms with Gasteiger partial charge in [0.25, 0.3) is 5.91 Å². The number of hydrogen-bond acceptors (Lipinski definition) is 3. The Bertz CT molecular complexity index is 946. The number of aromatic amines is 2. The van der Waals surface area contributed by atoms with Crippen molar-refractivity contribution in [3.05, 3.63) is 53.0 Å². The Morgan fingerprint density at radius 1 is 1.36 bits per heavy atom. The van der Waals surface area contributed by atoms with Gasteiger partial charge in [-0.2, -0.15) is 0 Å². The molecule has 0 unspecified atom stereocenters. The molecule has 0 spiro atoms. The number of hydrogen-bond donors (Lipinski definition) is 2. The summed E-state index contributed by atoms with van der Waals surface area (Å²) in [7, 11) is 0. The first-order chi connectivity index (χ1) is 12.0. The van der Waals surface area contributed by atoms with Crippen LogP contribution in [0.25, 0.3) is 10.9 Å². The van der Waals surface area contributed by atoms with Gasteiger partial charge in [-0.25, -0.2) is 9.37 Å². The van der Waals surface area contributed by atoms with Crippen LogP contribution in [-0.4, -0.2) is 45.5 Å². The zero-order valence-corrected chi connectivity index (χ0v) is 14.1. The number of nitrogens with zero attached hydrogens (tertiary/aromatic N) is 2. The maximum atomic E-state index is 13.5. The Balaban J connectivity index is 1.72. The maximum absolute atomic E-state index is 13.5. The first kappa shape index (κ1) is 15.8. The van der Waals surface area contributed by atoms with Crippen LogP contribution in [0.1, 0.15) is 33.6 Å². The number of imidazole rings is 1. The zero-order chi connectivity index (χ0) is 17.6. The fraction of sp³-hybridized carbons (Fsp3) is 0.333. The number of nitrogens with one attached hydrogen (secondary N) is 2. The van der Waals surface area contributed by atoms with E-state index in [1.165, 1.54) is 12.1 Å². The Morgan fingerprint density at radius 2 is 2.20 bits per heavy atom. The molecular weight excluding hydrogens is 323 g/mol. The van der Waals surface area contributed by atoms with E-state index < -0.39 is 0 Å². The predicted octanol–water partition coefficient (Wildman–Crippen LogP) is 2.86. The summed E-state index contributed by atoms with van der Waals surface area (Å²) in [6.07, 6.45) is 1.74. The Morgan fingerprint density at radius 3 is 2.96 bits per heavy atom. The highest BCUT2D eigenvalue weighted by Crippen LogP contribution is 2.28. The monoisotopic (exact) mass is 342 g/mol. The van der Waals surface area contributed by atoms with Crippen LogP contribution in [0, 0.1) is 19.7 Å². The number of rotatable bonds is 2. The lowest BCUT2D eigenvalue weighted by molar-refractivity contribution is -0.00530. The minimum atomic E-state index is -0.316. The molecule has 1 atom stereocenters. The number of fused-ring (bicyclic) bond motifs is 1. The van der Waals surface area contributed by atoms with Crippen LogP contribution in [0.3, 0.4) is 0 Å². The van der Waals surface area contributed by atoms with E-state index in [1.807, 2.05) is 13.8 Å². The maximum Gasteiger partial charge on any atom is 0.271 e. The average molecular weight is 342 g/mol. The second kappa shape index (κ2) is 6.00. The molecule has 0 radical (unpaired) electrons. The lowest BCUT2D eigenvalue weighted by Gasteiger charge is -2.34. The molecule has 1 amide bonds. The molecule has 0 aliphatic carbocycles. The van der Waals surface area contributed by atoms with Crippen LogP contribution < -0.4 is 0 Å². The van der Waals surface area contributed by atoms with E-state index in [9.17, 15) is 9.18 Å². The van der Waals surface area contributed by atoms with Gasteiger partial charge in [0, 0.05) is 29.3 Å². The number of morpholine rings is 1. The van der Waals surface area contributed by atoms with Gasteiger partial charge in [-0.05, 0) is 37.6 Å². The van der Waals surface area contributed by atoms with Crippen LogP contribution in [0.15, 0.2) is 24.4 Å². The molecule has 1 aliphatic rings. The van der Waals surface area contributed by atoms with Crippen LogP contribution in [-0.2, 0) is 4.74 Å². The number of H-pyrrole nitrogens is 2. The Kier molecular flexibility index (Phi) is 3.80. The number of halogens is 1. The highest BCUT2D eigenvalue weighted by Gasteiger charge is 2.32. The van der Waals surface area contributed by atoms with Gasteiger partial charge in [-0.1, -0.05) is 0 Å². The van der Waals surface area contributed by atoms with E-state index >= 15 is 0 Å². The van der Waals surface area contributed by atoms with Crippen molar-refractivity contribution in [1.82, 2.24) is 19.9 Å². The number of aromatic nitrogens is 3. The largest absolute Gasteiger partial charge is 0.377 e. The summed E-state index contributed by atoms with van der Waals surface area (Å²) in [5.74, 6) is 0.269. The molecule has 1 aromatic carbocycles. The fourth-order valence-corrected chi connectivity index (χ4v) is 3.33. The number of amides is 1. The molecule has 25 heavy (non-hydrogen) atoms. The molecule has 130 valence electrons. The van der Waals surface area contributed by atoms with Gasteiger partial charge in [0.1, 0.15) is 23.4 Å². The van der Waals surface area contributed by atoms with Crippen LogP contribution in [0.2, 0.25) is 0 Å². The normalized spacial score (nSPS) is 18.0. The standard InChI is InChI=1S/C18H19FN4O2/c1-10-8-20-17(21-10)15-9-25-6-5-23(15)18(24)16-11(2)13-7-12(19)3-4-14(13)22-16/h3-4,7-8,15,22H,5-6,9H2,1-2H3,(H,20,21)/t15-/m1/s1. The molecule has 1 saturated heterocycles. The molecule has 3 heterocycles. The molecule has 3 aromatic rings. The van der Waals surface area contributed by atoms with Gasteiger partial charge in [-0.15, -0.1) is 0 Å². The van der Waals surface area contributed by atoms with Crippen molar-refractivity contribution in [3.63, 3.8) is 0 Å². The fourth-order valence-electron chi connectivity index (χ4n) is 3.33. The average Bonchev–Trinajstić information content (AvgIpc) is 3.18. The molecule has 1 aliphatic heterocycles. The molecule has 4 rings (SSSR count). The van der Waals surface area contributed by atoms with Crippen molar-refractivity contribution >= 4 is 16.8 Å². The van der Waals surface area contributed by atoms with E-state index in [0.29, 0.717) is 31.3 Å². The third-order valence-corrected chi connectivity index (χ3v) is 4.66. The molecule has 2 aromatic heterocycles. The number of carbonyl (C=O) groups excluding carboxylic acids is 1. The second-order valence-corrected chi connectivity index (χ2v) is 6.36. The minimum Gasteiger partial charge on any atom is -0.377 e. The van der Waals surface area contributed by atoms with Crippen LogP contribution in [0.5, 0.6) is 0 Å². The quantitative estimate of drug-likeness (QED) is 0.752. The summed E-state index contributed by atoms with van der Waals surface area (Å²) in [5, 5.41) is 0.724. The van der Waals surface area contributed by atoms with Crippen molar-refractivity contribution in [2.75, 3.05) is 19.8 Å². The van der Waals surface area contributed by atoms with E-state index in [1.54, 1.807) is 17.2 Å². The van der Waals surface area contributed by atoms with Crippen LogP contribution in [0.4, 0.5) is 4.39 Å². The highest BCUT2D eigenvalue weighted by molar-refractivity contribution is 6.01. The SMILES string of the molecule is Cc1cnc([C@H]2COCCN2C(=O)c2[nH]c3ccc(F)cc3c2C)[nH]1. The summed E-state index contributed by atoms with van der Waals surface area (Å²) >= 11 is 0. The van der Waals surface area contributed by atoms with Gasteiger partial charge in [0.15, 0.2) is 0 Å². The lowest BCUT2D eigenvalue weighted by atomic mass is 10.1. The second-order valence-electron chi connectivity index (χ2n) is 6.36. The van der Waals surface area contributed by atoms with E-state index in [0.717, 1.165) is 22.2 Å². The molecule has 1 fully saturated rings. The van der Waals surface area contributed by atoms with Crippen molar-refractivity contribution in [3.8, 4) is 0 Å². The Hall–Kier alpha value is -2.67. The first-order valence-corrected chi connectivity index (χ1v) is 8.22. The summed E-state index contributed by atoms with van der Waals surface area (Å²) in [6.45, 7) is 5.11. The first-order valence-electron chi connectivity index (χ1n) is 8.22. The van der Waals surface area contributed by atoms with Crippen molar-refractivity contribution in [2.45, 2.75) is 19.9 Å². The molecular formula is C18H19FN4O2. The minimum absolute atomic E-state index is 0.128. The summed E-state index contributed by atoms with van der Waals surface area (Å²) < 4.78 is 19.1. The van der Waals surface area contributed by atoms with E-state index in [2.05, 4.69) is 15.0 Å². The molecule has 0 bridgehead atoms. The Labute approximate surface area is 144 Å². The zero-order valence-electron chi connectivity index (χ0n) is 14.1. The lowest BCUT2D eigenvalue weighted by Crippen LogP contribution is -2.44. The van der Waals surface area contributed by atoms with Gasteiger partial charge in [-0.3, -0.25) is 4.79 Å². The van der Waals surface area contributed by atoms with Gasteiger partial charge in [0.05, 0.1) is 13.2 Å². The van der Waals surface area contributed by atoms with Gasteiger partial charge < -0.3 is 19.6 Å². The van der Waals surface area contributed by atoms with Gasteiger partial charge in [0.2, 0.25) is 0 Å². The summed E-state index contributed by atoms with van der Waals surface area (Å²) in [6, 6.07) is 4.22. The summed E-state index contributed by atoms with van der Waals surface area (Å²) in [4.78, 5) is 25.6. The number of benzene rings is 1. The molecule has 2 N–H and O–H groups in total. The third-order valence-electron chi connectivity index (χ3n) is 4.66. The predicted molar refractivity (Wildman–Crippen MR) is 90.9 cm³/mol. The molecule has 7 heteroatoms. The van der Waals surface area contributed by atoms with Crippen molar-refractivity contribution in [2.24, 2.45) is 0 Å². The number of carbonyl (C=O) groups is 1. The van der Waals surface area contributed by atoms with Gasteiger partial charge >= 0.3 is 0 Å². The smallest absolute Gasteiger partial charge is 0.271 e. The number of ether oxygens (including phenoxy) is 1. The topological polar surface area (TPSA) is 74.0 Å². The van der Waals surface area contributed by atoms with E-state index in [-0.39, 0.29) is 17.8 Å². The highest BCUT2D eigenvalue weighted by atomic mass is 19.1. The number of aryl methyl sites for hydroxylation is 2. The third kappa shape index (κ3) is 2.70. The van der Waals surface area contributed by atoms with Crippen molar-refractivity contribution < 1.29 is 13.9 Å². The van der Waals surface area contributed by atoms with E-state index in [4.69, 9.17) is 4.74 Å². The summed E-state index contributed by atoms with van der Waals surface area (Å²) in [5.41, 5.74) is 2.92. The molecule has 6 nitrogen and oxygen atoms in total. The van der Waals surface area contributed by atoms with Crippen LogP contribution >= 0.6 is 0 Å².